The van der Waals surface area contributed by atoms with Crippen molar-refractivity contribution in [3.05, 3.63) is 64.3 Å². The largest absolute Gasteiger partial charge is 0.481 e. The second-order valence-corrected chi connectivity index (χ2v) is 13.0. The van der Waals surface area contributed by atoms with Crippen molar-refractivity contribution in [2.45, 2.75) is 77.0 Å². The van der Waals surface area contributed by atoms with Crippen molar-refractivity contribution in [1.29, 1.82) is 0 Å². The van der Waals surface area contributed by atoms with Gasteiger partial charge in [0.05, 0.1) is 40.5 Å². The zero-order valence-electron chi connectivity index (χ0n) is 25.6. The molecule has 1 saturated heterocycles. The lowest BCUT2D eigenvalue weighted by Crippen LogP contribution is -2.36. The van der Waals surface area contributed by atoms with Gasteiger partial charge in [-0.3, -0.25) is 9.69 Å². The minimum absolute atomic E-state index is 0.0403. The summed E-state index contributed by atoms with van der Waals surface area (Å²) in [5, 5.41) is 11.0. The molecule has 0 radical (unpaired) electrons. The van der Waals surface area contributed by atoms with E-state index in [0.29, 0.717) is 42.4 Å². The molecule has 1 aromatic carbocycles. The summed E-state index contributed by atoms with van der Waals surface area (Å²) >= 11 is 1.44. The van der Waals surface area contributed by atoms with Crippen LogP contribution < -0.4 is 4.90 Å². The summed E-state index contributed by atoms with van der Waals surface area (Å²) in [6.45, 7) is 4.46. The van der Waals surface area contributed by atoms with E-state index < -0.39 is 53.3 Å². The quantitative estimate of drug-likeness (QED) is 0.214. The molecule has 2 fully saturated rings. The van der Waals surface area contributed by atoms with E-state index in [1.165, 1.54) is 23.2 Å². The van der Waals surface area contributed by atoms with E-state index in [9.17, 15) is 35.9 Å². The minimum Gasteiger partial charge on any atom is -0.481 e. The topological polar surface area (TPSA) is 95.9 Å². The Balaban J connectivity index is 1.43. The van der Waals surface area contributed by atoms with Crippen molar-refractivity contribution in [3.63, 3.8) is 0 Å². The maximum Gasteiger partial charge on any atom is 0.416 e. The smallest absolute Gasteiger partial charge is 0.416 e. The van der Waals surface area contributed by atoms with E-state index in [1.54, 1.807) is 6.20 Å². The first kappa shape index (κ1) is 34.5. The van der Waals surface area contributed by atoms with E-state index >= 15 is 0 Å². The summed E-state index contributed by atoms with van der Waals surface area (Å²) in [5.41, 5.74) is -2.44. The number of aliphatic carboxylic acids is 1. The maximum atomic E-state index is 13.6. The van der Waals surface area contributed by atoms with Gasteiger partial charge >= 0.3 is 24.4 Å². The van der Waals surface area contributed by atoms with Gasteiger partial charge in [-0.25, -0.2) is 14.8 Å². The molecule has 1 aliphatic carbocycles. The Morgan fingerprint density at radius 2 is 1.70 bits per heavy atom. The van der Waals surface area contributed by atoms with Gasteiger partial charge in [0.2, 0.25) is 0 Å². The van der Waals surface area contributed by atoms with Crippen molar-refractivity contribution in [3.8, 4) is 10.6 Å². The number of aromatic nitrogens is 2. The number of carbonyl (C=O) groups excluding carboxylic acids is 1. The Kier molecular flexibility index (Phi) is 10.0. The van der Waals surface area contributed by atoms with E-state index in [1.807, 2.05) is 29.3 Å². The second kappa shape index (κ2) is 13.7. The van der Waals surface area contributed by atoms with Crippen LogP contribution in [0.4, 0.5) is 37.0 Å². The molecule has 1 saturated carbocycles. The highest BCUT2D eigenvalue weighted by Crippen LogP contribution is 2.41. The lowest BCUT2D eigenvalue weighted by molar-refractivity contribution is -0.143. The Morgan fingerprint density at radius 1 is 1.06 bits per heavy atom. The van der Waals surface area contributed by atoms with Crippen molar-refractivity contribution in [2.75, 3.05) is 18.0 Å². The van der Waals surface area contributed by atoms with Crippen molar-refractivity contribution >= 4 is 29.2 Å². The molecule has 8 nitrogen and oxygen atoms in total. The van der Waals surface area contributed by atoms with Crippen molar-refractivity contribution in [1.82, 2.24) is 14.9 Å². The summed E-state index contributed by atoms with van der Waals surface area (Å²) in [7, 11) is 0. The molecular weight excluding hydrogens is 650 g/mol. The number of carbonyl (C=O) groups is 2. The number of hydrogen-bond acceptors (Lipinski definition) is 7. The molecule has 2 aromatic heterocycles. The van der Waals surface area contributed by atoms with E-state index in [2.05, 4.69) is 0 Å². The molecule has 3 aromatic rings. The molecule has 2 atom stereocenters. The number of alkyl halides is 6. The fourth-order valence-corrected chi connectivity index (χ4v) is 7.02. The molecule has 2 aliphatic rings. The summed E-state index contributed by atoms with van der Waals surface area (Å²) in [5.74, 6) is 0.108. The third-order valence-electron chi connectivity index (χ3n) is 8.84. The number of ether oxygens (including phenoxy) is 1. The molecule has 0 spiro atoms. The third-order valence-corrected chi connectivity index (χ3v) is 9.73. The Hall–Kier alpha value is -3.88. The molecule has 254 valence electrons. The summed E-state index contributed by atoms with van der Waals surface area (Å²) in [6.07, 6.45) is -7.32. The highest BCUT2D eigenvalue weighted by Gasteiger charge is 2.44. The number of benzene rings is 1. The first-order valence-corrected chi connectivity index (χ1v) is 16.1. The number of anilines is 1. The van der Waals surface area contributed by atoms with Crippen LogP contribution in [0.15, 0.2) is 41.9 Å². The van der Waals surface area contributed by atoms with Gasteiger partial charge in [-0.05, 0) is 86.6 Å². The molecular formula is C32H34F6N4O4S. The van der Waals surface area contributed by atoms with Crippen LogP contribution >= 0.6 is 11.3 Å². The number of halogens is 6. The summed E-state index contributed by atoms with van der Waals surface area (Å²) < 4.78 is 86.9. The summed E-state index contributed by atoms with van der Waals surface area (Å²) in [6, 6.07) is 3.98. The molecule has 3 heterocycles. The van der Waals surface area contributed by atoms with Crippen LogP contribution in [0.25, 0.3) is 10.6 Å². The number of amides is 1. The van der Waals surface area contributed by atoms with Crippen molar-refractivity contribution < 1.29 is 45.8 Å². The van der Waals surface area contributed by atoms with Gasteiger partial charge in [0, 0.05) is 19.5 Å². The van der Waals surface area contributed by atoms with E-state index in [-0.39, 0.29) is 30.9 Å². The average molecular weight is 685 g/mol. The van der Waals surface area contributed by atoms with E-state index in [0.717, 1.165) is 30.6 Å². The Labute approximate surface area is 271 Å². The molecule has 1 amide bonds. The predicted molar refractivity (Wildman–Crippen MR) is 162 cm³/mol. The highest BCUT2D eigenvalue weighted by atomic mass is 32.1. The van der Waals surface area contributed by atoms with Crippen molar-refractivity contribution in [2.24, 2.45) is 11.8 Å². The normalized spacial score (nSPS) is 22.0. The Bertz CT molecular complexity index is 1540. The fraction of sp³-hybridized carbons (Fsp3) is 0.500. The lowest BCUT2D eigenvalue weighted by atomic mass is 9.80. The Morgan fingerprint density at radius 3 is 2.26 bits per heavy atom. The number of nitrogens with zero attached hydrogens (tertiary/aromatic N) is 4. The first-order valence-electron chi connectivity index (χ1n) is 15.3. The van der Waals surface area contributed by atoms with Crippen LogP contribution in [0, 0.1) is 11.8 Å². The van der Waals surface area contributed by atoms with Crippen LogP contribution in [-0.2, 0) is 28.4 Å². The average Bonchev–Trinajstić information content (AvgIpc) is 3.64. The lowest BCUT2D eigenvalue weighted by Gasteiger charge is -2.33. The SMILES string of the molecule is CCN(C[C@H]1CC[C@H](CC(=O)O)CC1)c1ncc(-c2cccs2)nc1CN1C(=O)OC(c2cc(C(F)(F)F)cc(C(F)(F)F)c2)[C@@H]1C. The van der Waals surface area contributed by atoms with Gasteiger partial charge in [-0.15, -0.1) is 11.3 Å². The van der Waals surface area contributed by atoms with Gasteiger partial charge in [-0.1, -0.05) is 6.07 Å². The van der Waals surface area contributed by atoms with Gasteiger partial charge in [-0.2, -0.15) is 26.3 Å². The third kappa shape index (κ3) is 7.99. The van der Waals surface area contributed by atoms with Gasteiger partial charge in [0.25, 0.3) is 0 Å². The monoisotopic (exact) mass is 684 g/mol. The molecule has 5 rings (SSSR count). The summed E-state index contributed by atoms with van der Waals surface area (Å²) in [4.78, 5) is 38.0. The molecule has 1 aliphatic heterocycles. The highest BCUT2D eigenvalue weighted by molar-refractivity contribution is 7.13. The van der Waals surface area contributed by atoms with E-state index in [4.69, 9.17) is 19.8 Å². The molecule has 0 bridgehead atoms. The molecule has 15 heteroatoms. The van der Waals surface area contributed by atoms with Crippen LogP contribution in [0.5, 0.6) is 0 Å². The van der Waals surface area contributed by atoms with Gasteiger partial charge in [0.15, 0.2) is 5.82 Å². The first-order chi connectivity index (χ1) is 22.1. The number of cyclic esters (lactones) is 1. The number of carboxylic acids is 1. The minimum atomic E-state index is -5.05. The zero-order valence-corrected chi connectivity index (χ0v) is 26.5. The maximum absolute atomic E-state index is 13.6. The molecule has 1 N–H and O–H groups in total. The van der Waals surface area contributed by atoms with Gasteiger partial charge in [0.1, 0.15) is 11.8 Å². The molecule has 47 heavy (non-hydrogen) atoms. The second-order valence-electron chi connectivity index (χ2n) is 12.0. The molecule has 1 unspecified atom stereocenters. The number of hydrogen-bond donors (Lipinski definition) is 1. The predicted octanol–water partition coefficient (Wildman–Crippen LogP) is 8.43. The number of rotatable bonds is 10. The number of thiophene rings is 1. The standard InChI is InChI=1S/C32H34F6N4O4S/c1-3-41(16-20-8-6-19(7-9-20)11-27(43)44)29-25(40-24(15-39-29)26-5-4-10-47-26)17-42-18(2)28(46-30(42)45)21-12-22(31(33,34)35)14-23(13-21)32(36,37)38/h4-5,10,12-15,18-20,28H,3,6-9,11,16-17H2,1-2H3,(H,43,44)/t18-,19-,20-,28?/m0/s1. The number of carboxylic acid groups (broad SMARTS) is 1. The fourth-order valence-electron chi connectivity index (χ4n) is 6.34. The zero-order chi connectivity index (χ0) is 34.1. The van der Waals surface area contributed by atoms with Crippen LogP contribution in [-0.4, -0.2) is 51.2 Å². The van der Waals surface area contributed by atoms with Crippen LogP contribution in [0.3, 0.4) is 0 Å². The van der Waals surface area contributed by atoms with Crippen LogP contribution in [0.1, 0.15) is 74.4 Å². The van der Waals surface area contributed by atoms with Crippen LogP contribution in [0.2, 0.25) is 0 Å². The van der Waals surface area contributed by atoms with Gasteiger partial charge < -0.3 is 14.7 Å².